The maximum absolute atomic E-state index is 12.4. The fraction of sp³-hybridized carbons (Fsp3) is 0.333. The van der Waals surface area contributed by atoms with Crippen LogP contribution in [0.1, 0.15) is 24.4 Å². The van der Waals surface area contributed by atoms with Gasteiger partial charge in [-0.25, -0.2) is 9.97 Å². The zero-order chi connectivity index (χ0) is 24.0. The number of carbonyl (C=O) groups is 1. The van der Waals surface area contributed by atoms with Crippen LogP contribution in [0.3, 0.4) is 0 Å². The number of amides is 1. The van der Waals surface area contributed by atoms with Crippen molar-refractivity contribution >= 4 is 51.9 Å². The van der Waals surface area contributed by atoms with Gasteiger partial charge in [-0.15, -0.1) is 0 Å². The van der Waals surface area contributed by atoms with Gasteiger partial charge in [0.15, 0.2) is 5.65 Å². The number of rotatable bonds is 7. The summed E-state index contributed by atoms with van der Waals surface area (Å²) in [7, 11) is 3.97. The van der Waals surface area contributed by atoms with Gasteiger partial charge in [-0.05, 0) is 44.4 Å². The predicted molar refractivity (Wildman–Crippen MR) is 139 cm³/mol. The van der Waals surface area contributed by atoms with Gasteiger partial charge < -0.3 is 19.9 Å². The third-order valence-corrected chi connectivity index (χ3v) is 6.73. The number of pyridine rings is 1. The van der Waals surface area contributed by atoms with E-state index in [2.05, 4.69) is 53.2 Å². The molecule has 176 valence electrons. The minimum atomic E-state index is 0.0176. The Bertz CT molecular complexity index is 1390. The molecule has 9 nitrogen and oxygen atoms in total. The Morgan fingerprint density at radius 3 is 2.68 bits per heavy atom. The van der Waals surface area contributed by atoms with E-state index < -0.39 is 0 Å². The number of hydrogen-bond acceptors (Lipinski definition) is 7. The molecule has 0 bridgehead atoms. The molecule has 3 N–H and O–H groups in total. The number of carbonyl (C=O) groups excluding carboxylic acids is 1. The van der Waals surface area contributed by atoms with E-state index in [-0.39, 0.29) is 11.8 Å². The quantitative estimate of drug-likeness (QED) is 0.330. The third-order valence-electron chi connectivity index (χ3n) is 5.98. The molecule has 0 saturated heterocycles. The van der Waals surface area contributed by atoms with E-state index in [1.165, 1.54) is 0 Å². The third kappa shape index (κ3) is 4.33. The molecule has 10 heteroatoms. The number of aromatic amines is 1. The lowest BCUT2D eigenvalue weighted by Crippen LogP contribution is -2.14. The molecular formula is C24H28N8OS. The van der Waals surface area contributed by atoms with Crippen LogP contribution in [0, 0.1) is 19.8 Å². The van der Waals surface area contributed by atoms with Crippen molar-refractivity contribution < 1.29 is 4.79 Å². The maximum atomic E-state index is 12.4. The van der Waals surface area contributed by atoms with Crippen molar-refractivity contribution in [1.82, 2.24) is 24.7 Å². The summed E-state index contributed by atoms with van der Waals surface area (Å²) in [6, 6.07) is 8.19. The van der Waals surface area contributed by atoms with E-state index in [0.717, 1.165) is 58.1 Å². The highest BCUT2D eigenvalue weighted by Gasteiger charge is 2.30. The smallest absolute Gasteiger partial charge is 0.228 e. The number of aryl methyl sites for hydroxylation is 3. The number of nitrogens with one attached hydrogen (secondary N) is 3. The van der Waals surface area contributed by atoms with Gasteiger partial charge in [0.25, 0.3) is 0 Å². The highest BCUT2D eigenvalue weighted by molar-refractivity contribution is 7.99. The van der Waals surface area contributed by atoms with Crippen LogP contribution in [-0.4, -0.2) is 43.9 Å². The van der Waals surface area contributed by atoms with Gasteiger partial charge in [0, 0.05) is 44.1 Å². The van der Waals surface area contributed by atoms with E-state index in [1.807, 2.05) is 51.1 Å². The van der Waals surface area contributed by atoms with Crippen LogP contribution >= 0.6 is 11.9 Å². The Labute approximate surface area is 202 Å². The summed E-state index contributed by atoms with van der Waals surface area (Å²) in [5, 5.41) is 11.0. The molecule has 0 radical (unpaired) electrons. The predicted octanol–water partition coefficient (Wildman–Crippen LogP) is 4.78. The molecule has 0 spiro atoms. The Kier molecular flexibility index (Phi) is 5.68. The fourth-order valence-electron chi connectivity index (χ4n) is 4.03. The number of anilines is 4. The summed E-state index contributed by atoms with van der Waals surface area (Å²) in [6.45, 7) is 3.91. The monoisotopic (exact) mass is 476 g/mol. The SMILES string of the molecule is CSN(C)c1cc(-c2cn(C)nc2C)ccc1Nc1cc(NC(=O)C2CC2)nc2nc(C)[nH]c12. The summed E-state index contributed by atoms with van der Waals surface area (Å²) >= 11 is 1.63. The molecule has 1 fully saturated rings. The zero-order valence-corrected chi connectivity index (χ0v) is 20.7. The van der Waals surface area contributed by atoms with Crippen LogP contribution in [0.4, 0.5) is 22.9 Å². The summed E-state index contributed by atoms with van der Waals surface area (Å²) in [6.07, 6.45) is 5.96. The van der Waals surface area contributed by atoms with Crippen LogP contribution < -0.4 is 14.9 Å². The Morgan fingerprint density at radius 1 is 1.21 bits per heavy atom. The first kappa shape index (κ1) is 22.3. The van der Waals surface area contributed by atoms with Gasteiger partial charge in [-0.3, -0.25) is 9.48 Å². The van der Waals surface area contributed by atoms with Gasteiger partial charge in [-0.2, -0.15) is 5.10 Å². The molecule has 1 saturated carbocycles. The maximum Gasteiger partial charge on any atom is 0.228 e. The van der Waals surface area contributed by atoms with Gasteiger partial charge in [0.1, 0.15) is 17.2 Å². The van der Waals surface area contributed by atoms with Crippen molar-refractivity contribution in [2.24, 2.45) is 13.0 Å². The fourth-order valence-corrected chi connectivity index (χ4v) is 4.38. The number of fused-ring (bicyclic) bond motifs is 1. The summed E-state index contributed by atoms with van der Waals surface area (Å²) in [4.78, 5) is 24.7. The molecule has 1 aliphatic rings. The van der Waals surface area contributed by atoms with Gasteiger partial charge >= 0.3 is 0 Å². The lowest BCUT2D eigenvalue weighted by molar-refractivity contribution is -0.117. The standard InChI is InChI=1S/C24H28N8OS/c1-13-17(12-31(3)30-13)16-8-9-18(20(10-16)32(4)34-5)27-19-11-21(29-24(33)15-6-7-15)28-23-22(19)25-14(2)26-23/h8-12,15H,6-7H2,1-5H3,(H3,25,26,27,28,29,33). The van der Waals surface area contributed by atoms with Crippen LogP contribution in [0.15, 0.2) is 30.5 Å². The molecule has 1 amide bonds. The molecule has 3 aromatic heterocycles. The lowest BCUT2D eigenvalue weighted by Gasteiger charge is -2.22. The van der Waals surface area contributed by atoms with E-state index >= 15 is 0 Å². The Morgan fingerprint density at radius 2 is 2.00 bits per heavy atom. The van der Waals surface area contributed by atoms with Crippen molar-refractivity contribution in [2.75, 3.05) is 28.2 Å². The van der Waals surface area contributed by atoms with Crippen LogP contribution in [0.2, 0.25) is 0 Å². The second-order valence-electron chi connectivity index (χ2n) is 8.68. The first-order valence-electron chi connectivity index (χ1n) is 11.2. The molecule has 0 aliphatic heterocycles. The van der Waals surface area contributed by atoms with E-state index in [0.29, 0.717) is 11.5 Å². The molecule has 1 aromatic carbocycles. The van der Waals surface area contributed by atoms with Crippen LogP contribution in [0.5, 0.6) is 0 Å². The molecule has 5 rings (SSSR count). The zero-order valence-electron chi connectivity index (χ0n) is 19.9. The highest BCUT2D eigenvalue weighted by Crippen LogP contribution is 2.38. The van der Waals surface area contributed by atoms with Crippen LogP contribution in [-0.2, 0) is 11.8 Å². The Balaban J connectivity index is 1.55. The average Bonchev–Trinajstić information content (AvgIpc) is 3.51. The number of H-pyrrole nitrogens is 1. The van der Waals surface area contributed by atoms with E-state index in [9.17, 15) is 4.79 Å². The molecule has 34 heavy (non-hydrogen) atoms. The molecule has 0 atom stereocenters. The lowest BCUT2D eigenvalue weighted by atomic mass is 10.1. The van der Waals surface area contributed by atoms with Gasteiger partial charge in [0.05, 0.1) is 22.8 Å². The molecule has 3 heterocycles. The van der Waals surface area contributed by atoms with Gasteiger partial charge in [0.2, 0.25) is 5.91 Å². The summed E-state index contributed by atoms with van der Waals surface area (Å²) < 4.78 is 3.95. The number of imidazole rings is 1. The molecular weight excluding hydrogens is 448 g/mol. The summed E-state index contributed by atoms with van der Waals surface area (Å²) in [5.41, 5.74) is 7.31. The second kappa shape index (κ2) is 8.68. The van der Waals surface area contributed by atoms with Crippen molar-refractivity contribution in [3.05, 3.63) is 42.0 Å². The van der Waals surface area contributed by atoms with Crippen molar-refractivity contribution in [2.45, 2.75) is 26.7 Å². The topological polar surface area (TPSA) is 104 Å². The number of hydrogen-bond donors (Lipinski definition) is 3. The Hall–Kier alpha value is -3.53. The molecule has 4 aromatic rings. The van der Waals surface area contributed by atoms with E-state index in [1.54, 1.807) is 11.9 Å². The average molecular weight is 477 g/mol. The van der Waals surface area contributed by atoms with Crippen molar-refractivity contribution in [3.63, 3.8) is 0 Å². The minimum absolute atomic E-state index is 0.0176. The minimum Gasteiger partial charge on any atom is -0.352 e. The largest absolute Gasteiger partial charge is 0.352 e. The van der Waals surface area contributed by atoms with Crippen LogP contribution in [0.25, 0.3) is 22.3 Å². The first-order valence-corrected chi connectivity index (χ1v) is 12.4. The second-order valence-corrected chi connectivity index (χ2v) is 9.59. The van der Waals surface area contributed by atoms with E-state index in [4.69, 9.17) is 0 Å². The highest BCUT2D eigenvalue weighted by atomic mass is 32.2. The number of nitrogens with zero attached hydrogens (tertiary/aromatic N) is 5. The molecule has 0 unspecified atom stereocenters. The van der Waals surface area contributed by atoms with Gasteiger partial charge in [-0.1, -0.05) is 18.0 Å². The van der Waals surface area contributed by atoms with Crippen molar-refractivity contribution in [1.29, 1.82) is 0 Å². The summed E-state index contributed by atoms with van der Waals surface area (Å²) in [5.74, 6) is 1.38. The number of aromatic nitrogens is 5. The first-order chi connectivity index (χ1) is 16.3. The van der Waals surface area contributed by atoms with Crippen molar-refractivity contribution in [3.8, 4) is 11.1 Å². The normalized spacial score (nSPS) is 13.3. The number of benzene rings is 1. The molecule has 1 aliphatic carbocycles.